The molecule has 0 heterocycles. The molecule has 0 aliphatic heterocycles. The van der Waals surface area contributed by atoms with Gasteiger partial charge in [-0.25, -0.2) is 13.1 Å². The van der Waals surface area contributed by atoms with Crippen LogP contribution in [-0.2, 0) is 21.2 Å². The molecular weight excluding hydrogens is 278 g/mol. The number of benzene rings is 1. The summed E-state index contributed by atoms with van der Waals surface area (Å²) in [6.07, 6.45) is 0.428. The Morgan fingerprint density at radius 2 is 1.89 bits per heavy atom. The van der Waals surface area contributed by atoms with Gasteiger partial charge in [0, 0.05) is 12.4 Å². The van der Waals surface area contributed by atoms with Gasteiger partial charge in [0.1, 0.15) is 0 Å². The Hall–Kier alpha value is -1.11. The Bertz CT molecular complexity index is 498. The van der Waals surface area contributed by atoms with Crippen LogP contribution in [0.15, 0.2) is 29.2 Å². The van der Waals surface area contributed by atoms with Crippen LogP contribution in [0.25, 0.3) is 0 Å². The maximum absolute atomic E-state index is 11.8. The van der Waals surface area contributed by atoms with E-state index in [4.69, 9.17) is 16.7 Å². The molecule has 0 aromatic heterocycles. The van der Waals surface area contributed by atoms with Crippen LogP contribution in [-0.4, -0.2) is 31.9 Å². The highest BCUT2D eigenvalue weighted by atomic mass is 35.5. The summed E-state index contributed by atoms with van der Waals surface area (Å²) in [5, 5.41) is 8.43. The van der Waals surface area contributed by atoms with E-state index < -0.39 is 16.0 Å². The molecule has 0 aliphatic carbocycles. The molecule has 0 aliphatic rings. The number of carboxylic acid groups (broad SMARTS) is 1. The minimum Gasteiger partial charge on any atom is -0.481 e. The van der Waals surface area contributed by atoms with Gasteiger partial charge in [0.2, 0.25) is 10.0 Å². The Morgan fingerprint density at radius 3 is 2.39 bits per heavy atom. The van der Waals surface area contributed by atoms with Gasteiger partial charge in [-0.1, -0.05) is 12.1 Å². The maximum atomic E-state index is 11.8. The summed E-state index contributed by atoms with van der Waals surface area (Å²) in [5.74, 6) is -0.571. The van der Waals surface area contributed by atoms with Gasteiger partial charge in [0.05, 0.1) is 11.3 Å². The van der Waals surface area contributed by atoms with Gasteiger partial charge in [-0.3, -0.25) is 4.79 Å². The third-order valence-corrected chi connectivity index (χ3v) is 3.91. The van der Waals surface area contributed by atoms with Crippen LogP contribution >= 0.6 is 11.6 Å². The second-order valence-corrected chi connectivity index (χ2v) is 5.77. The fourth-order valence-electron chi connectivity index (χ4n) is 1.32. The van der Waals surface area contributed by atoms with Crippen LogP contribution in [0.3, 0.4) is 0 Å². The molecule has 1 aromatic rings. The average Bonchev–Trinajstić information content (AvgIpc) is 2.29. The van der Waals surface area contributed by atoms with E-state index in [1.807, 2.05) is 0 Å². The van der Waals surface area contributed by atoms with Crippen LogP contribution in [0, 0.1) is 0 Å². The van der Waals surface area contributed by atoms with Gasteiger partial charge >= 0.3 is 5.97 Å². The van der Waals surface area contributed by atoms with Crippen LogP contribution in [0.5, 0.6) is 0 Å². The number of aryl methyl sites for hydroxylation is 1. The largest absolute Gasteiger partial charge is 0.481 e. The van der Waals surface area contributed by atoms with E-state index in [-0.39, 0.29) is 17.9 Å². The van der Waals surface area contributed by atoms with Gasteiger partial charge < -0.3 is 5.11 Å². The van der Waals surface area contributed by atoms with Crippen molar-refractivity contribution in [3.63, 3.8) is 0 Å². The molecule has 0 spiro atoms. The highest BCUT2D eigenvalue weighted by Gasteiger charge is 2.13. The van der Waals surface area contributed by atoms with Crippen molar-refractivity contribution in [2.45, 2.75) is 17.7 Å². The lowest BCUT2D eigenvalue weighted by Gasteiger charge is -2.06. The summed E-state index contributed by atoms with van der Waals surface area (Å²) >= 11 is 5.58. The molecule has 18 heavy (non-hydrogen) atoms. The minimum atomic E-state index is -3.63. The fourth-order valence-corrected chi connectivity index (χ4v) is 2.57. The summed E-state index contributed by atoms with van der Waals surface area (Å²) in [6, 6.07) is 6.33. The molecule has 0 saturated heterocycles. The number of alkyl halides is 1. The average molecular weight is 292 g/mol. The molecule has 5 nitrogen and oxygen atoms in total. The number of rotatable bonds is 7. The quantitative estimate of drug-likeness (QED) is 0.740. The summed E-state index contributed by atoms with van der Waals surface area (Å²) < 4.78 is 25.7. The van der Waals surface area contributed by atoms with Gasteiger partial charge in [-0.15, -0.1) is 11.6 Å². The number of hydrogen-bond donors (Lipinski definition) is 2. The van der Waals surface area contributed by atoms with Gasteiger partial charge in [0.15, 0.2) is 0 Å². The lowest BCUT2D eigenvalue weighted by atomic mass is 10.2. The molecule has 1 rings (SSSR count). The summed E-state index contributed by atoms with van der Waals surface area (Å²) in [6.45, 7) is -0.124. The number of sulfonamides is 1. The third kappa shape index (κ3) is 4.64. The first-order chi connectivity index (χ1) is 8.45. The highest BCUT2D eigenvalue weighted by molar-refractivity contribution is 7.89. The molecule has 0 radical (unpaired) electrons. The van der Waals surface area contributed by atoms with Crippen molar-refractivity contribution in [2.24, 2.45) is 0 Å². The first kappa shape index (κ1) is 14.9. The standard InChI is InChI=1S/C11H14ClNO4S/c12-7-5-9-1-3-10(4-2-9)18(16,17)13-8-6-11(14)15/h1-4,13H,5-8H2,(H,14,15). The predicted octanol–water partition coefficient (Wildman–Crippen LogP) is 1.22. The Labute approximate surface area is 111 Å². The van der Waals surface area contributed by atoms with E-state index in [2.05, 4.69) is 4.72 Å². The van der Waals surface area contributed by atoms with E-state index >= 15 is 0 Å². The van der Waals surface area contributed by atoms with E-state index in [0.717, 1.165) is 5.56 Å². The van der Waals surface area contributed by atoms with Crippen molar-refractivity contribution in [2.75, 3.05) is 12.4 Å². The molecule has 0 bridgehead atoms. The topological polar surface area (TPSA) is 83.5 Å². The first-order valence-electron chi connectivity index (χ1n) is 5.32. The monoisotopic (exact) mass is 291 g/mol. The molecule has 1 aromatic carbocycles. The Morgan fingerprint density at radius 1 is 1.28 bits per heavy atom. The molecule has 7 heteroatoms. The van der Waals surface area contributed by atoms with E-state index in [1.165, 1.54) is 12.1 Å². The maximum Gasteiger partial charge on any atom is 0.304 e. The Kier molecular flexibility index (Phi) is 5.58. The summed E-state index contributed by atoms with van der Waals surface area (Å²) in [5.41, 5.74) is 0.953. The lowest BCUT2D eigenvalue weighted by molar-refractivity contribution is -0.136. The normalized spacial score (nSPS) is 11.4. The van der Waals surface area contributed by atoms with E-state index in [0.29, 0.717) is 12.3 Å². The summed E-state index contributed by atoms with van der Waals surface area (Å²) in [4.78, 5) is 10.4. The van der Waals surface area contributed by atoms with Gasteiger partial charge in [-0.2, -0.15) is 0 Å². The second kappa shape index (κ2) is 6.72. The number of carbonyl (C=O) groups is 1. The zero-order valence-corrected chi connectivity index (χ0v) is 11.2. The number of halogens is 1. The SMILES string of the molecule is O=C(O)CCNS(=O)(=O)c1ccc(CCCl)cc1. The van der Waals surface area contributed by atoms with Crippen molar-refractivity contribution < 1.29 is 18.3 Å². The van der Waals surface area contributed by atoms with Crippen molar-refractivity contribution in [3.05, 3.63) is 29.8 Å². The smallest absolute Gasteiger partial charge is 0.304 e. The minimum absolute atomic E-state index is 0.117. The predicted molar refractivity (Wildman–Crippen MR) is 68.3 cm³/mol. The first-order valence-corrected chi connectivity index (χ1v) is 7.34. The summed E-state index contributed by atoms with van der Waals surface area (Å²) in [7, 11) is -3.63. The number of aliphatic carboxylic acids is 1. The molecule has 0 amide bonds. The van der Waals surface area contributed by atoms with Crippen molar-refractivity contribution in [1.82, 2.24) is 4.72 Å². The van der Waals surface area contributed by atoms with Crippen LogP contribution in [0.4, 0.5) is 0 Å². The van der Waals surface area contributed by atoms with E-state index in [9.17, 15) is 13.2 Å². The molecular formula is C11H14ClNO4S. The zero-order chi connectivity index (χ0) is 13.6. The fraction of sp³-hybridized carbons (Fsp3) is 0.364. The second-order valence-electron chi connectivity index (χ2n) is 3.62. The number of carboxylic acids is 1. The van der Waals surface area contributed by atoms with Crippen LogP contribution in [0.1, 0.15) is 12.0 Å². The molecule has 0 fully saturated rings. The van der Waals surface area contributed by atoms with Crippen molar-refractivity contribution in [3.8, 4) is 0 Å². The van der Waals surface area contributed by atoms with Crippen LogP contribution < -0.4 is 4.72 Å². The number of hydrogen-bond acceptors (Lipinski definition) is 3. The zero-order valence-electron chi connectivity index (χ0n) is 9.60. The van der Waals surface area contributed by atoms with Crippen molar-refractivity contribution >= 4 is 27.6 Å². The number of nitrogens with one attached hydrogen (secondary N) is 1. The van der Waals surface area contributed by atoms with Crippen LogP contribution in [0.2, 0.25) is 0 Å². The molecule has 0 atom stereocenters. The molecule has 0 unspecified atom stereocenters. The Balaban J connectivity index is 2.69. The van der Waals surface area contributed by atoms with E-state index in [1.54, 1.807) is 12.1 Å². The molecule has 0 saturated carbocycles. The van der Waals surface area contributed by atoms with Gasteiger partial charge in [0.25, 0.3) is 0 Å². The van der Waals surface area contributed by atoms with Gasteiger partial charge in [-0.05, 0) is 24.1 Å². The molecule has 100 valence electrons. The highest BCUT2D eigenvalue weighted by Crippen LogP contribution is 2.11. The van der Waals surface area contributed by atoms with Crippen molar-refractivity contribution in [1.29, 1.82) is 0 Å². The molecule has 2 N–H and O–H groups in total. The third-order valence-electron chi connectivity index (χ3n) is 2.25. The lowest BCUT2D eigenvalue weighted by Crippen LogP contribution is -2.26.